The largest absolute Gasteiger partial charge is 0.488 e. The second-order valence-corrected chi connectivity index (χ2v) is 8.09. The lowest BCUT2D eigenvalue weighted by Crippen LogP contribution is -2.30. The number of nitrogens with two attached hydrogens (primary N) is 1. The molecule has 1 aliphatic heterocycles. The minimum absolute atomic E-state index is 0.330. The first kappa shape index (κ1) is 21.1. The third-order valence-corrected chi connectivity index (χ3v) is 5.69. The zero-order valence-electron chi connectivity index (χ0n) is 17.9. The van der Waals surface area contributed by atoms with E-state index in [4.69, 9.17) is 15.7 Å². The van der Waals surface area contributed by atoms with Crippen LogP contribution in [-0.4, -0.2) is 54.4 Å². The molecule has 0 radical (unpaired) electrons. The molecule has 33 heavy (non-hydrogen) atoms. The number of carbonyl (C=O) groups excluding carboxylic acids is 1. The van der Waals surface area contributed by atoms with E-state index in [9.17, 15) is 14.8 Å². The molecular weight excluding hydrogens is 421 g/mol. The predicted octanol–water partition coefficient (Wildman–Crippen LogP) is 0.127. The highest BCUT2D eigenvalue weighted by Gasteiger charge is 2.25. The van der Waals surface area contributed by atoms with Crippen LogP contribution in [0.2, 0.25) is 0 Å². The van der Waals surface area contributed by atoms with Gasteiger partial charge in [-0.15, -0.1) is 0 Å². The summed E-state index contributed by atoms with van der Waals surface area (Å²) in [6, 6.07) is 12.3. The van der Waals surface area contributed by atoms with Crippen LogP contribution in [-0.2, 0) is 19.6 Å². The van der Waals surface area contributed by atoms with Crippen LogP contribution < -0.4 is 16.5 Å². The Morgan fingerprint density at radius 3 is 2.79 bits per heavy atom. The van der Waals surface area contributed by atoms with Gasteiger partial charge in [0.2, 0.25) is 0 Å². The Morgan fingerprint density at radius 1 is 1.18 bits per heavy atom. The van der Waals surface area contributed by atoms with E-state index < -0.39 is 13.0 Å². The molecule has 1 aromatic carbocycles. The molecule has 0 aliphatic carbocycles. The van der Waals surface area contributed by atoms with Crippen molar-refractivity contribution in [2.45, 2.75) is 19.6 Å². The Balaban J connectivity index is 1.54. The molecule has 0 bridgehead atoms. The summed E-state index contributed by atoms with van der Waals surface area (Å²) in [6.45, 7) is 1.84. The van der Waals surface area contributed by atoms with Gasteiger partial charge in [0.15, 0.2) is 5.82 Å². The van der Waals surface area contributed by atoms with E-state index in [1.165, 1.54) is 0 Å². The maximum Gasteiger partial charge on any atom is 0.488 e. The third kappa shape index (κ3) is 3.93. The Bertz CT molecular complexity index is 1370. The zero-order chi connectivity index (χ0) is 23.1. The first-order valence-corrected chi connectivity index (χ1v) is 10.4. The number of imidazole rings is 1. The van der Waals surface area contributed by atoms with Crippen molar-refractivity contribution < 1.29 is 14.8 Å². The van der Waals surface area contributed by atoms with Crippen LogP contribution in [0, 0.1) is 0 Å². The molecule has 5 N–H and O–H groups in total. The minimum Gasteiger partial charge on any atom is -0.423 e. The van der Waals surface area contributed by atoms with Crippen LogP contribution in [0.1, 0.15) is 27.3 Å². The van der Waals surface area contributed by atoms with E-state index in [0.717, 1.165) is 16.8 Å². The number of benzene rings is 1. The first-order valence-electron chi connectivity index (χ1n) is 10.4. The molecule has 3 aromatic heterocycles. The van der Waals surface area contributed by atoms with E-state index in [-0.39, 0.29) is 0 Å². The molecule has 5 rings (SSSR count). The molecule has 4 aromatic rings. The van der Waals surface area contributed by atoms with E-state index in [0.29, 0.717) is 53.6 Å². The van der Waals surface area contributed by atoms with Crippen molar-refractivity contribution in [3.8, 4) is 11.5 Å². The molecule has 4 heterocycles. The van der Waals surface area contributed by atoms with Crippen molar-refractivity contribution >= 4 is 29.8 Å². The SMILES string of the molecule is CN1Cc2nc(-c3ncn4c(C(N)=O)cccc34)nc(NCc3cccc(B(O)O)c3)c2C1. The minimum atomic E-state index is -1.52. The first-order chi connectivity index (χ1) is 15.9. The normalized spacial score (nSPS) is 13.3. The Labute approximate surface area is 189 Å². The van der Waals surface area contributed by atoms with Gasteiger partial charge in [-0.3, -0.25) is 14.1 Å². The molecule has 11 heteroatoms. The van der Waals surface area contributed by atoms with Crippen LogP contribution in [0.4, 0.5) is 5.82 Å². The molecule has 0 spiro atoms. The summed E-state index contributed by atoms with van der Waals surface area (Å²) in [4.78, 5) is 28.0. The summed E-state index contributed by atoms with van der Waals surface area (Å²) in [6.07, 6.45) is 1.55. The maximum absolute atomic E-state index is 11.8. The molecule has 0 fully saturated rings. The summed E-state index contributed by atoms with van der Waals surface area (Å²) < 4.78 is 1.64. The van der Waals surface area contributed by atoms with Crippen molar-refractivity contribution in [1.29, 1.82) is 0 Å². The lowest BCUT2D eigenvalue weighted by Gasteiger charge is -2.12. The van der Waals surface area contributed by atoms with Gasteiger partial charge in [0.1, 0.15) is 23.5 Å². The quantitative estimate of drug-likeness (QED) is 0.308. The predicted molar refractivity (Wildman–Crippen MR) is 124 cm³/mol. The average Bonchev–Trinajstić information content (AvgIpc) is 3.40. The highest BCUT2D eigenvalue weighted by molar-refractivity contribution is 6.58. The van der Waals surface area contributed by atoms with Gasteiger partial charge >= 0.3 is 7.12 Å². The fraction of sp³-hybridized carbons (Fsp3) is 0.182. The van der Waals surface area contributed by atoms with Crippen molar-refractivity contribution in [3.63, 3.8) is 0 Å². The van der Waals surface area contributed by atoms with Gasteiger partial charge in [0, 0.05) is 25.2 Å². The zero-order valence-corrected chi connectivity index (χ0v) is 17.9. The molecule has 0 saturated heterocycles. The molecule has 0 unspecified atom stereocenters. The number of anilines is 1. The summed E-state index contributed by atoms with van der Waals surface area (Å²) >= 11 is 0. The van der Waals surface area contributed by atoms with Crippen LogP contribution in [0.25, 0.3) is 17.0 Å². The number of amides is 1. The van der Waals surface area contributed by atoms with Gasteiger partial charge in [0.05, 0.1) is 11.2 Å². The smallest absolute Gasteiger partial charge is 0.423 e. The van der Waals surface area contributed by atoms with E-state index in [2.05, 4.69) is 15.2 Å². The molecule has 0 atom stereocenters. The van der Waals surface area contributed by atoms with Crippen LogP contribution in [0.5, 0.6) is 0 Å². The average molecular weight is 443 g/mol. The van der Waals surface area contributed by atoms with Crippen molar-refractivity contribution in [2.75, 3.05) is 12.4 Å². The number of hydrogen-bond donors (Lipinski definition) is 4. The second-order valence-electron chi connectivity index (χ2n) is 8.09. The van der Waals surface area contributed by atoms with Crippen molar-refractivity contribution in [2.24, 2.45) is 5.73 Å². The summed E-state index contributed by atoms with van der Waals surface area (Å²) in [7, 11) is 0.496. The second kappa shape index (κ2) is 8.28. The van der Waals surface area contributed by atoms with Gasteiger partial charge in [-0.1, -0.05) is 30.3 Å². The Morgan fingerprint density at radius 2 is 2.00 bits per heavy atom. The number of nitrogens with one attached hydrogen (secondary N) is 1. The van der Waals surface area contributed by atoms with Gasteiger partial charge in [-0.2, -0.15) is 0 Å². The van der Waals surface area contributed by atoms with E-state index >= 15 is 0 Å². The third-order valence-electron chi connectivity index (χ3n) is 5.69. The molecule has 166 valence electrons. The number of aromatic nitrogens is 4. The fourth-order valence-electron chi connectivity index (χ4n) is 4.10. The highest BCUT2D eigenvalue weighted by atomic mass is 16.4. The van der Waals surface area contributed by atoms with Crippen molar-refractivity contribution in [1.82, 2.24) is 24.3 Å². The summed E-state index contributed by atoms with van der Waals surface area (Å²) in [5, 5.41) is 22.3. The highest BCUT2D eigenvalue weighted by Crippen LogP contribution is 2.30. The Hall–Kier alpha value is -3.80. The van der Waals surface area contributed by atoms with E-state index in [1.54, 1.807) is 41.1 Å². The molecule has 1 amide bonds. The number of carbonyl (C=O) groups is 1. The number of primary amides is 1. The maximum atomic E-state index is 11.8. The lowest BCUT2D eigenvalue weighted by molar-refractivity contribution is 0.0994. The monoisotopic (exact) mass is 443 g/mol. The van der Waals surface area contributed by atoms with Crippen LogP contribution in [0.3, 0.4) is 0 Å². The number of pyridine rings is 1. The molecule has 0 saturated carbocycles. The topological polar surface area (TPSA) is 142 Å². The van der Waals surface area contributed by atoms with Crippen LogP contribution in [0.15, 0.2) is 48.8 Å². The van der Waals surface area contributed by atoms with E-state index in [1.807, 2.05) is 19.2 Å². The summed E-state index contributed by atoms with van der Waals surface area (Å²) in [5.41, 5.74) is 10.3. The number of hydrogen-bond acceptors (Lipinski definition) is 8. The standard InChI is InChI=1S/C22H22BN7O3/c1-29-10-15-16(11-29)27-22(19-17-6-3-7-18(20(24)31)30(17)12-26-19)28-21(15)25-9-13-4-2-5-14(8-13)23(32)33/h2-8,12,32-33H,9-11H2,1H3,(H2,24,31)(H,25,27,28). The molecule has 1 aliphatic rings. The van der Waals surface area contributed by atoms with Gasteiger partial charge < -0.3 is 21.1 Å². The van der Waals surface area contributed by atoms with Gasteiger partial charge in [-0.25, -0.2) is 15.0 Å². The Kier molecular flexibility index (Phi) is 5.29. The number of fused-ring (bicyclic) bond motifs is 2. The van der Waals surface area contributed by atoms with Crippen LogP contribution >= 0.6 is 0 Å². The molecule has 10 nitrogen and oxygen atoms in total. The number of rotatable bonds is 6. The lowest BCUT2D eigenvalue weighted by atomic mass is 9.79. The molecular formula is C22H22BN7O3. The van der Waals surface area contributed by atoms with Gasteiger partial charge in [0.25, 0.3) is 5.91 Å². The number of nitrogens with zero attached hydrogens (tertiary/aromatic N) is 5. The van der Waals surface area contributed by atoms with Gasteiger partial charge in [-0.05, 0) is 30.2 Å². The summed E-state index contributed by atoms with van der Waals surface area (Å²) in [5.74, 6) is 0.607. The fourth-order valence-corrected chi connectivity index (χ4v) is 4.10. The van der Waals surface area contributed by atoms with Crippen molar-refractivity contribution in [3.05, 3.63) is 71.3 Å².